The Kier molecular flexibility index (Phi) is 6.37. The van der Waals surface area contributed by atoms with E-state index < -0.39 is 0 Å². The van der Waals surface area contributed by atoms with Gasteiger partial charge in [0.05, 0.1) is 10.6 Å². The van der Waals surface area contributed by atoms with E-state index in [1.807, 2.05) is 65.6 Å². The molecule has 5 heteroatoms. The second kappa shape index (κ2) is 9.74. The molecule has 0 aliphatic carbocycles. The van der Waals surface area contributed by atoms with E-state index in [1.54, 1.807) is 0 Å². The smallest absolute Gasteiger partial charge is 0.266 e. The van der Waals surface area contributed by atoms with Gasteiger partial charge in [-0.15, -0.1) is 0 Å². The number of amidine groups is 1. The fourth-order valence-corrected chi connectivity index (χ4v) is 5.22. The molecular weight excluding hydrogens is 438 g/mol. The van der Waals surface area contributed by atoms with Gasteiger partial charge in [-0.3, -0.25) is 9.69 Å². The summed E-state index contributed by atoms with van der Waals surface area (Å²) in [6.07, 6.45) is 4.95. The van der Waals surface area contributed by atoms with Gasteiger partial charge in [-0.05, 0) is 61.9 Å². The van der Waals surface area contributed by atoms with Crippen molar-refractivity contribution in [2.45, 2.75) is 26.3 Å². The molecule has 2 heterocycles. The number of fused-ring (bicyclic) bond motifs is 1. The van der Waals surface area contributed by atoms with Crippen molar-refractivity contribution in [1.29, 1.82) is 0 Å². The first-order valence-electron chi connectivity index (χ1n) is 11.6. The second-order valence-corrected chi connectivity index (χ2v) is 9.64. The van der Waals surface area contributed by atoms with E-state index in [0.29, 0.717) is 17.5 Å². The van der Waals surface area contributed by atoms with Crippen LogP contribution in [0.3, 0.4) is 0 Å². The molecule has 0 atom stereocenters. The lowest BCUT2D eigenvalue weighted by atomic mass is 10.1. The number of aliphatic imine (C=N–C) groups is 1. The number of rotatable bonds is 6. The highest BCUT2D eigenvalue weighted by Crippen LogP contribution is 2.36. The number of hydrogen-bond acceptors (Lipinski definition) is 3. The van der Waals surface area contributed by atoms with Crippen LogP contribution in [-0.4, -0.2) is 27.1 Å². The molecule has 0 spiro atoms. The topological polar surface area (TPSA) is 37.6 Å². The van der Waals surface area contributed by atoms with Gasteiger partial charge >= 0.3 is 0 Å². The zero-order valence-corrected chi connectivity index (χ0v) is 20.2. The van der Waals surface area contributed by atoms with Crippen LogP contribution in [0.4, 0.5) is 5.69 Å². The van der Waals surface area contributed by atoms with Gasteiger partial charge in [-0.25, -0.2) is 4.99 Å². The largest absolute Gasteiger partial charge is 0.344 e. The molecule has 0 unspecified atom stereocenters. The molecule has 4 nitrogen and oxygen atoms in total. The van der Waals surface area contributed by atoms with E-state index in [1.165, 1.54) is 22.8 Å². The molecule has 0 saturated carbocycles. The van der Waals surface area contributed by atoms with Gasteiger partial charge in [-0.2, -0.15) is 0 Å². The van der Waals surface area contributed by atoms with Crippen LogP contribution >= 0.6 is 11.8 Å². The average molecular weight is 466 g/mol. The first kappa shape index (κ1) is 22.2. The highest BCUT2D eigenvalue weighted by molar-refractivity contribution is 8.18. The quantitative estimate of drug-likeness (QED) is 0.286. The van der Waals surface area contributed by atoms with Gasteiger partial charge in [0, 0.05) is 35.2 Å². The maximum atomic E-state index is 13.6. The number of aromatic nitrogens is 1. The summed E-state index contributed by atoms with van der Waals surface area (Å²) in [7, 11) is 0. The Morgan fingerprint density at radius 3 is 2.32 bits per heavy atom. The minimum Gasteiger partial charge on any atom is -0.344 e. The standard InChI is InChI=1S/C29H27N3OS/c1-21(2)32-20-23(25-15-9-10-16-26(25)32)19-27-28(33)31(18-17-22-11-5-3-6-12-22)29(34-27)30-24-13-7-4-8-14-24/h3-16,19-21H,17-18H2,1-2H3/b27-19+,30-29?. The lowest BCUT2D eigenvalue weighted by Gasteiger charge is -2.15. The Morgan fingerprint density at radius 1 is 0.912 bits per heavy atom. The minimum atomic E-state index is 0.0111. The maximum Gasteiger partial charge on any atom is 0.266 e. The van der Waals surface area contributed by atoms with Crippen molar-refractivity contribution in [3.8, 4) is 0 Å². The Labute approximate surface area is 204 Å². The molecule has 0 bridgehead atoms. The van der Waals surface area contributed by atoms with E-state index in [9.17, 15) is 4.79 Å². The summed E-state index contributed by atoms with van der Waals surface area (Å²) < 4.78 is 2.26. The van der Waals surface area contributed by atoms with E-state index in [0.717, 1.165) is 28.2 Å². The lowest BCUT2D eigenvalue weighted by molar-refractivity contribution is -0.122. The van der Waals surface area contributed by atoms with Crippen molar-refractivity contribution in [2.24, 2.45) is 4.99 Å². The van der Waals surface area contributed by atoms with Crippen LogP contribution in [0.2, 0.25) is 0 Å². The summed E-state index contributed by atoms with van der Waals surface area (Å²) in [5.41, 5.74) is 4.29. The molecule has 4 aromatic rings. The first-order chi connectivity index (χ1) is 16.6. The van der Waals surface area contributed by atoms with Crippen molar-refractivity contribution < 1.29 is 4.79 Å². The number of amides is 1. The summed E-state index contributed by atoms with van der Waals surface area (Å²) in [4.78, 5) is 20.9. The summed E-state index contributed by atoms with van der Waals surface area (Å²) in [5.74, 6) is 0.0111. The van der Waals surface area contributed by atoms with E-state index in [2.05, 4.69) is 54.9 Å². The van der Waals surface area contributed by atoms with E-state index in [4.69, 9.17) is 4.99 Å². The van der Waals surface area contributed by atoms with Crippen LogP contribution in [0.1, 0.15) is 31.0 Å². The number of hydrogen-bond donors (Lipinski definition) is 0. The maximum absolute atomic E-state index is 13.6. The molecule has 0 N–H and O–H groups in total. The molecule has 1 fully saturated rings. The SMILES string of the molecule is CC(C)n1cc(/C=C2/SC(=Nc3ccccc3)N(CCc3ccccc3)C2=O)c2ccccc21. The van der Waals surface area contributed by atoms with Crippen LogP contribution in [0.5, 0.6) is 0 Å². The van der Waals surface area contributed by atoms with Crippen LogP contribution in [0.15, 0.2) is 101 Å². The third kappa shape index (κ3) is 4.57. The Hall–Kier alpha value is -3.57. The Morgan fingerprint density at radius 2 is 1.59 bits per heavy atom. The normalized spacial score (nSPS) is 16.4. The lowest BCUT2D eigenvalue weighted by Crippen LogP contribution is -2.31. The molecule has 1 amide bonds. The van der Waals surface area contributed by atoms with E-state index in [-0.39, 0.29) is 5.91 Å². The molecule has 1 saturated heterocycles. The molecule has 1 aliphatic rings. The molecule has 5 rings (SSSR count). The van der Waals surface area contributed by atoms with Gasteiger partial charge in [0.25, 0.3) is 5.91 Å². The van der Waals surface area contributed by atoms with Crippen LogP contribution in [-0.2, 0) is 11.2 Å². The Balaban J connectivity index is 1.51. The predicted octanol–water partition coefficient (Wildman–Crippen LogP) is 7.07. The summed E-state index contributed by atoms with van der Waals surface area (Å²) in [5, 5.41) is 1.88. The van der Waals surface area contributed by atoms with Gasteiger partial charge in [0.1, 0.15) is 0 Å². The van der Waals surface area contributed by atoms with Crippen LogP contribution in [0.25, 0.3) is 17.0 Å². The minimum absolute atomic E-state index is 0.0111. The number of carbonyl (C=O) groups is 1. The predicted molar refractivity (Wildman–Crippen MR) is 143 cm³/mol. The molecule has 1 aromatic heterocycles. The average Bonchev–Trinajstić information content (AvgIpc) is 3.37. The molecule has 0 radical (unpaired) electrons. The third-order valence-corrected chi connectivity index (χ3v) is 6.96. The zero-order valence-electron chi connectivity index (χ0n) is 19.4. The summed E-state index contributed by atoms with van der Waals surface area (Å²) >= 11 is 1.46. The molecule has 1 aliphatic heterocycles. The van der Waals surface area contributed by atoms with E-state index >= 15 is 0 Å². The van der Waals surface area contributed by atoms with Crippen molar-refractivity contribution >= 4 is 45.5 Å². The van der Waals surface area contributed by atoms with Crippen LogP contribution < -0.4 is 0 Å². The first-order valence-corrected chi connectivity index (χ1v) is 12.4. The summed E-state index contributed by atoms with van der Waals surface area (Å²) in [6.45, 7) is 4.94. The van der Waals surface area contributed by atoms with Gasteiger partial charge in [0.2, 0.25) is 0 Å². The third-order valence-electron chi connectivity index (χ3n) is 5.95. The zero-order chi connectivity index (χ0) is 23.5. The highest BCUT2D eigenvalue weighted by Gasteiger charge is 2.33. The van der Waals surface area contributed by atoms with Crippen molar-refractivity contribution in [3.05, 3.63) is 107 Å². The number of thioether (sulfide) groups is 1. The molecular formula is C29H27N3OS. The van der Waals surface area contributed by atoms with Gasteiger partial charge in [0.15, 0.2) is 5.17 Å². The molecule has 170 valence electrons. The van der Waals surface area contributed by atoms with Crippen molar-refractivity contribution in [1.82, 2.24) is 9.47 Å². The highest BCUT2D eigenvalue weighted by atomic mass is 32.2. The molecule has 34 heavy (non-hydrogen) atoms. The Bertz CT molecular complexity index is 1370. The fourth-order valence-electron chi connectivity index (χ4n) is 4.20. The number of para-hydroxylation sites is 2. The number of benzene rings is 3. The van der Waals surface area contributed by atoms with Crippen LogP contribution in [0, 0.1) is 0 Å². The molecule has 3 aromatic carbocycles. The summed E-state index contributed by atoms with van der Waals surface area (Å²) in [6, 6.07) is 28.8. The van der Waals surface area contributed by atoms with Crippen molar-refractivity contribution in [2.75, 3.05) is 6.54 Å². The second-order valence-electron chi connectivity index (χ2n) is 8.64. The van der Waals surface area contributed by atoms with Crippen molar-refractivity contribution in [3.63, 3.8) is 0 Å². The number of carbonyl (C=O) groups excluding carboxylic acids is 1. The van der Waals surface area contributed by atoms with Gasteiger partial charge in [-0.1, -0.05) is 66.7 Å². The monoisotopic (exact) mass is 465 g/mol. The van der Waals surface area contributed by atoms with Gasteiger partial charge < -0.3 is 4.57 Å². The fraction of sp³-hybridized carbons (Fsp3) is 0.172. The number of nitrogens with zero attached hydrogens (tertiary/aromatic N) is 3.